The van der Waals surface area contributed by atoms with Crippen molar-refractivity contribution in [1.82, 2.24) is 10.6 Å². The van der Waals surface area contributed by atoms with Crippen LogP contribution in [0.25, 0.3) is 0 Å². The first-order chi connectivity index (χ1) is 15.8. The van der Waals surface area contributed by atoms with Gasteiger partial charge in [-0.05, 0) is 60.8 Å². The van der Waals surface area contributed by atoms with Crippen molar-refractivity contribution in [2.45, 2.75) is 95.9 Å². The number of carbonyl (C=O) groups excluding carboxylic acids is 2. The Kier molecular flexibility index (Phi) is 9.67. The van der Waals surface area contributed by atoms with Gasteiger partial charge in [0.2, 0.25) is 0 Å². The molecule has 10 heteroatoms. The summed E-state index contributed by atoms with van der Waals surface area (Å²) in [6.07, 6.45) is 1.14. The highest BCUT2D eigenvalue weighted by atomic mass is 35.5. The second kappa shape index (κ2) is 11.5. The quantitative estimate of drug-likeness (QED) is 0.190. The van der Waals surface area contributed by atoms with E-state index in [-0.39, 0.29) is 25.1 Å². The summed E-state index contributed by atoms with van der Waals surface area (Å²) in [6.45, 7) is 11.7. The zero-order chi connectivity index (χ0) is 25.7. The van der Waals surface area contributed by atoms with Gasteiger partial charge in [0.1, 0.15) is 23.4 Å². The number of methoxy groups -OCH3 is 1. The number of alkyl carbamates (subject to hydrolysis) is 2. The van der Waals surface area contributed by atoms with Crippen LogP contribution in [0.1, 0.15) is 60.8 Å². The minimum Gasteiger partial charge on any atom is -0.444 e. The largest absolute Gasteiger partial charge is 0.444 e. The van der Waals surface area contributed by atoms with Gasteiger partial charge in [-0.15, -0.1) is 11.6 Å². The summed E-state index contributed by atoms with van der Waals surface area (Å²) >= 11 is 6.21. The molecule has 0 bridgehead atoms. The van der Waals surface area contributed by atoms with Gasteiger partial charge in [0.05, 0.1) is 23.5 Å². The Morgan fingerprint density at radius 3 is 2.35 bits per heavy atom. The number of epoxide rings is 1. The lowest BCUT2D eigenvalue weighted by molar-refractivity contribution is -0.170. The fourth-order valence-corrected chi connectivity index (χ4v) is 4.95. The second-order valence-electron chi connectivity index (χ2n) is 10.6. The van der Waals surface area contributed by atoms with Crippen LogP contribution in [0.4, 0.5) is 9.59 Å². The van der Waals surface area contributed by atoms with Gasteiger partial charge in [-0.2, -0.15) is 0 Å². The molecule has 2 fully saturated rings. The molecular weight excluding hydrogens is 464 g/mol. The van der Waals surface area contributed by atoms with Crippen LogP contribution in [-0.2, 0) is 18.9 Å². The molecule has 34 heavy (non-hydrogen) atoms. The maximum atomic E-state index is 12.4. The third kappa shape index (κ3) is 7.47. The smallest absolute Gasteiger partial charge is 0.407 e. The molecule has 0 radical (unpaired) electrons. The highest BCUT2D eigenvalue weighted by molar-refractivity contribution is 6.18. The van der Waals surface area contributed by atoms with E-state index >= 15 is 0 Å². The average Bonchev–Trinajstić information content (AvgIpc) is 3.39. The molecule has 1 unspecified atom stereocenters. The molecule has 0 aromatic carbocycles. The van der Waals surface area contributed by atoms with Crippen molar-refractivity contribution >= 4 is 23.8 Å². The molecule has 3 N–H and O–H groups in total. The van der Waals surface area contributed by atoms with Gasteiger partial charge in [0.25, 0.3) is 0 Å². The number of allylic oxidation sites excluding steroid dienone is 1. The average molecular weight is 505 g/mol. The lowest BCUT2D eigenvalue weighted by Gasteiger charge is -2.48. The van der Waals surface area contributed by atoms with Crippen LogP contribution in [0.15, 0.2) is 11.6 Å². The van der Waals surface area contributed by atoms with Crippen LogP contribution >= 0.6 is 11.6 Å². The summed E-state index contributed by atoms with van der Waals surface area (Å²) in [5, 5.41) is 16.5. The van der Waals surface area contributed by atoms with Crippen molar-refractivity contribution in [3.05, 3.63) is 11.6 Å². The summed E-state index contributed by atoms with van der Waals surface area (Å²) in [6, 6.07) is 0. The van der Waals surface area contributed by atoms with Gasteiger partial charge >= 0.3 is 12.2 Å². The number of nitrogens with one attached hydrogen (secondary N) is 2. The maximum absolute atomic E-state index is 12.4. The van der Waals surface area contributed by atoms with Gasteiger partial charge in [-0.1, -0.05) is 11.6 Å². The minimum atomic E-state index is -1.20. The maximum Gasteiger partial charge on any atom is 0.407 e. The number of alkyl halides is 1. The Bertz CT molecular complexity index is 752. The third-order valence-corrected chi connectivity index (χ3v) is 6.76. The van der Waals surface area contributed by atoms with Crippen molar-refractivity contribution in [3.63, 3.8) is 0 Å². The molecule has 196 valence electrons. The van der Waals surface area contributed by atoms with Crippen LogP contribution < -0.4 is 10.6 Å². The Hall–Kier alpha value is -1.55. The van der Waals surface area contributed by atoms with E-state index in [1.807, 2.05) is 20.8 Å². The molecule has 0 spiro atoms. The number of halogens is 1. The SMILES string of the molecule is CO[C@@H]1[C@H](OC(=O)NCCNC(=O)OC(C)(C)C)CC[C@](O)(CCl)[C@H]1[C@@]1(C)OC1CC=C(C)C. The molecule has 6 atom stereocenters. The summed E-state index contributed by atoms with van der Waals surface area (Å²) in [7, 11) is 1.54. The molecular formula is C24H41ClN2O7. The standard InChI is InChI=1S/C24H41ClN2O7/c1-15(2)8-9-17-23(6,33-17)19-18(31-7)16(10-11-24(19,30)14-25)32-20(28)26-12-13-27-21(29)34-22(3,4)5/h8,16-19,30H,9-14H2,1-7H3,(H,26,28)(H,27,29)/t16-,17?,18-,19-,23+,24+/m1/s1. The van der Waals surface area contributed by atoms with Crippen LogP contribution in [0.2, 0.25) is 0 Å². The Morgan fingerprint density at radius 1 is 1.21 bits per heavy atom. The van der Waals surface area contributed by atoms with Crippen molar-refractivity contribution in [2.24, 2.45) is 5.92 Å². The number of amides is 2. The van der Waals surface area contributed by atoms with E-state index in [0.29, 0.717) is 12.8 Å². The molecule has 1 aliphatic heterocycles. The van der Waals surface area contributed by atoms with Gasteiger partial charge in [0, 0.05) is 20.2 Å². The monoisotopic (exact) mass is 504 g/mol. The molecule has 1 saturated heterocycles. The first kappa shape index (κ1) is 28.7. The van der Waals surface area contributed by atoms with Crippen molar-refractivity contribution in [1.29, 1.82) is 0 Å². The predicted molar refractivity (Wildman–Crippen MR) is 129 cm³/mol. The summed E-state index contributed by atoms with van der Waals surface area (Å²) in [4.78, 5) is 24.1. The molecule has 1 heterocycles. The Balaban J connectivity index is 1.96. The van der Waals surface area contributed by atoms with Crippen LogP contribution in [0.3, 0.4) is 0 Å². The topological polar surface area (TPSA) is 119 Å². The fourth-order valence-electron chi connectivity index (χ4n) is 4.65. The molecule has 1 saturated carbocycles. The Morgan fingerprint density at radius 2 is 1.82 bits per heavy atom. The number of hydrogen-bond donors (Lipinski definition) is 3. The number of carbonyl (C=O) groups is 2. The van der Waals surface area contributed by atoms with E-state index < -0.39 is 47.1 Å². The summed E-state index contributed by atoms with van der Waals surface area (Å²) in [5.74, 6) is -0.445. The first-order valence-electron chi connectivity index (χ1n) is 11.8. The van der Waals surface area contributed by atoms with Gasteiger partial charge in [-0.3, -0.25) is 0 Å². The number of rotatable bonds is 9. The zero-order valence-corrected chi connectivity index (χ0v) is 22.2. The highest BCUT2D eigenvalue weighted by Gasteiger charge is 2.67. The first-order valence-corrected chi connectivity index (χ1v) is 12.3. The Labute approximate surface area is 207 Å². The number of hydrogen-bond acceptors (Lipinski definition) is 7. The molecule has 0 aromatic heterocycles. The van der Waals surface area contributed by atoms with Crippen LogP contribution in [0, 0.1) is 5.92 Å². The van der Waals surface area contributed by atoms with E-state index in [1.165, 1.54) is 12.7 Å². The van der Waals surface area contributed by atoms with Crippen LogP contribution in [0.5, 0.6) is 0 Å². The van der Waals surface area contributed by atoms with Crippen molar-refractivity contribution in [3.8, 4) is 0 Å². The van der Waals surface area contributed by atoms with Crippen molar-refractivity contribution in [2.75, 3.05) is 26.1 Å². The molecule has 1 aliphatic carbocycles. The van der Waals surface area contributed by atoms with E-state index in [4.69, 9.17) is 30.5 Å². The van der Waals surface area contributed by atoms with E-state index in [1.54, 1.807) is 20.8 Å². The van der Waals surface area contributed by atoms with Gasteiger partial charge in [-0.25, -0.2) is 9.59 Å². The van der Waals surface area contributed by atoms with E-state index in [9.17, 15) is 14.7 Å². The molecule has 9 nitrogen and oxygen atoms in total. The van der Waals surface area contributed by atoms with Crippen LogP contribution in [-0.4, -0.2) is 78.5 Å². The van der Waals surface area contributed by atoms with Crippen molar-refractivity contribution < 1.29 is 33.6 Å². The molecule has 2 rings (SSSR count). The lowest BCUT2D eigenvalue weighted by Crippen LogP contribution is -2.61. The number of aliphatic hydroxyl groups is 1. The summed E-state index contributed by atoms with van der Waals surface area (Å²) < 4.78 is 22.6. The summed E-state index contributed by atoms with van der Waals surface area (Å²) in [5.41, 5.74) is -1.26. The van der Waals surface area contributed by atoms with E-state index in [0.717, 1.165) is 6.42 Å². The minimum absolute atomic E-state index is 0.0289. The van der Waals surface area contributed by atoms with Gasteiger partial charge < -0.3 is 34.7 Å². The van der Waals surface area contributed by atoms with E-state index in [2.05, 4.69) is 16.7 Å². The van der Waals surface area contributed by atoms with Gasteiger partial charge in [0.15, 0.2) is 0 Å². The fraction of sp³-hybridized carbons (Fsp3) is 0.833. The normalized spacial score (nSPS) is 33.0. The second-order valence-corrected chi connectivity index (χ2v) is 10.8. The molecule has 2 aliphatic rings. The highest BCUT2D eigenvalue weighted by Crippen LogP contribution is 2.54. The predicted octanol–water partition coefficient (Wildman–Crippen LogP) is 3.51. The third-order valence-electron chi connectivity index (χ3n) is 6.30. The molecule has 2 amide bonds. The molecule has 0 aromatic rings. The lowest BCUT2D eigenvalue weighted by atomic mass is 9.66. The number of ether oxygens (including phenoxy) is 4. The zero-order valence-electron chi connectivity index (χ0n) is 21.4.